The van der Waals surface area contributed by atoms with E-state index in [-0.39, 0.29) is 36.0 Å². The van der Waals surface area contributed by atoms with Crippen LogP contribution < -0.4 is 20.5 Å². The zero-order valence-electron chi connectivity index (χ0n) is 13.7. The van der Waals surface area contributed by atoms with Crippen molar-refractivity contribution < 1.29 is 17.9 Å². The second-order valence-electron chi connectivity index (χ2n) is 5.68. The highest BCUT2D eigenvalue weighted by atomic mass is 35.5. The molecule has 1 aliphatic rings. The molecule has 2 unspecified atom stereocenters. The minimum absolute atomic E-state index is 0. The Morgan fingerprint density at radius 3 is 2.62 bits per heavy atom. The van der Waals surface area contributed by atoms with Crippen LogP contribution in [-0.2, 0) is 14.8 Å². The van der Waals surface area contributed by atoms with Crippen LogP contribution in [0.2, 0.25) is 0 Å². The average molecular weight is 378 g/mol. The SMILES string of the molecule is CCS(=O)(=O)Nc1ccc(NC(=O)C2CCC(N)C2)cc1OC.Cl. The molecule has 4 N–H and O–H groups in total. The molecule has 9 heteroatoms. The van der Waals surface area contributed by atoms with Gasteiger partial charge in [-0.3, -0.25) is 9.52 Å². The Balaban J connectivity index is 0.00000288. The topological polar surface area (TPSA) is 111 Å². The summed E-state index contributed by atoms with van der Waals surface area (Å²) in [5, 5.41) is 2.83. The van der Waals surface area contributed by atoms with Gasteiger partial charge in [-0.15, -0.1) is 12.4 Å². The lowest BCUT2D eigenvalue weighted by molar-refractivity contribution is -0.119. The molecule has 7 nitrogen and oxygen atoms in total. The summed E-state index contributed by atoms with van der Waals surface area (Å²) in [6.45, 7) is 1.55. The predicted octanol–water partition coefficient (Wildman–Crippen LogP) is 1.94. The molecule has 0 bridgehead atoms. The monoisotopic (exact) mass is 377 g/mol. The van der Waals surface area contributed by atoms with Gasteiger partial charge in [-0.1, -0.05) is 0 Å². The van der Waals surface area contributed by atoms with Gasteiger partial charge >= 0.3 is 0 Å². The Morgan fingerprint density at radius 1 is 1.38 bits per heavy atom. The summed E-state index contributed by atoms with van der Waals surface area (Å²) in [7, 11) is -1.95. The number of methoxy groups -OCH3 is 1. The molecule has 1 saturated carbocycles. The van der Waals surface area contributed by atoms with Gasteiger partial charge in [-0.25, -0.2) is 8.42 Å². The van der Waals surface area contributed by atoms with Crippen LogP contribution in [0, 0.1) is 5.92 Å². The second kappa shape index (κ2) is 8.55. The summed E-state index contributed by atoms with van der Waals surface area (Å²) in [6.07, 6.45) is 2.34. The Labute approximate surface area is 148 Å². The molecule has 24 heavy (non-hydrogen) atoms. The van der Waals surface area contributed by atoms with E-state index in [4.69, 9.17) is 10.5 Å². The molecule has 2 atom stereocenters. The summed E-state index contributed by atoms with van der Waals surface area (Å²) in [4.78, 5) is 12.2. The zero-order chi connectivity index (χ0) is 17.0. The van der Waals surface area contributed by atoms with Crippen molar-refractivity contribution in [3.63, 3.8) is 0 Å². The highest BCUT2D eigenvalue weighted by Crippen LogP contribution is 2.30. The Hall–Kier alpha value is -1.51. The van der Waals surface area contributed by atoms with Crippen molar-refractivity contribution in [3.8, 4) is 5.75 Å². The van der Waals surface area contributed by atoms with E-state index in [1.165, 1.54) is 7.11 Å². The molecule has 1 amide bonds. The van der Waals surface area contributed by atoms with Crippen molar-refractivity contribution in [2.75, 3.05) is 22.9 Å². The third-order valence-electron chi connectivity index (χ3n) is 3.96. The fraction of sp³-hybridized carbons (Fsp3) is 0.533. The first kappa shape index (κ1) is 20.5. The molecule has 1 aliphatic carbocycles. The maximum absolute atomic E-state index is 12.2. The Bertz CT molecular complexity index is 681. The van der Waals surface area contributed by atoms with E-state index < -0.39 is 10.0 Å². The van der Waals surface area contributed by atoms with Crippen molar-refractivity contribution in [3.05, 3.63) is 18.2 Å². The number of nitrogens with one attached hydrogen (secondary N) is 2. The number of ether oxygens (including phenoxy) is 1. The molecule has 1 aromatic rings. The van der Waals surface area contributed by atoms with E-state index in [2.05, 4.69) is 10.0 Å². The van der Waals surface area contributed by atoms with E-state index in [0.717, 1.165) is 12.8 Å². The minimum Gasteiger partial charge on any atom is -0.494 e. The number of benzene rings is 1. The Morgan fingerprint density at radius 2 is 2.08 bits per heavy atom. The third kappa shape index (κ3) is 5.25. The Kier molecular flexibility index (Phi) is 7.31. The van der Waals surface area contributed by atoms with Crippen molar-refractivity contribution in [1.82, 2.24) is 0 Å². The van der Waals surface area contributed by atoms with Crippen molar-refractivity contribution in [1.29, 1.82) is 0 Å². The minimum atomic E-state index is -3.39. The number of carbonyl (C=O) groups excluding carboxylic acids is 1. The summed E-state index contributed by atoms with van der Waals surface area (Å²) in [6, 6.07) is 4.90. The second-order valence-corrected chi connectivity index (χ2v) is 7.69. The van der Waals surface area contributed by atoms with Gasteiger partial charge in [0.05, 0.1) is 18.6 Å². The molecule has 2 rings (SSSR count). The number of halogens is 1. The quantitative estimate of drug-likeness (QED) is 0.701. The van der Waals surface area contributed by atoms with Gasteiger partial charge in [0.25, 0.3) is 0 Å². The van der Waals surface area contributed by atoms with Crippen LogP contribution in [0.3, 0.4) is 0 Å². The molecule has 0 spiro atoms. The molecule has 136 valence electrons. The average Bonchev–Trinajstić information content (AvgIpc) is 2.95. The van der Waals surface area contributed by atoms with E-state index >= 15 is 0 Å². The number of anilines is 2. The lowest BCUT2D eigenvalue weighted by Crippen LogP contribution is -2.23. The van der Waals surface area contributed by atoms with Gasteiger partial charge in [0.1, 0.15) is 5.75 Å². The van der Waals surface area contributed by atoms with Crippen molar-refractivity contribution in [2.24, 2.45) is 11.7 Å². The van der Waals surface area contributed by atoms with Gasteiger partial charge < -0.3 is 15.8 Å². The van der Waals surface area contributed by atoms with Gasteiger partial charge in [0.2, 0.25) is 15.9 Å². The zero-order valence-corrected chi connectivity index (χ0v) is 15.4. The largest absolute Gasteiger partial charge is 0.494 e. The standard InChI is InChI=1S/C15H23N3O4S.ClH/c1-3-23(20,21)18-13-7-6-12(9-14(13)22-2)17-15(19)10-4-5-11(16)8-10;/h6-7,9-11,18H,3-5,8,16H2,1-2H3,(H,17,19);1H. The van der Waals surface area contributed by atoms with E-state index in [1.807, 2.05) is 0 Å². The molecule has 0 radical (unpaired) electrons. The van der Waals surface area contributed by atoms with Crippen LogP contribution in [0.25, 0.3) is 0 Å². The summed E-state index contributed by atoms with van der Waals surface area (Å²) < 4.78 is 31.0. The summed E-state index contributed by atoms with van der Waals surface area (Å²) >= 11 is 0. The number of sulfonamides is 1. The first-order valence-corrected chi connectivity index (χ1v) is 9.25. The van der Waals surface area contributed by atoms with Gasteiger partial charge in [-0.05, 0) is 38.3 Å². The third-order valence-corrected chi connectivity index (χ3v) is 5.25. The first-order valence-electron chi connectivity index (χ1n) is 7.59. The first-order chi connectivity index (χ1) is 10.8. The van der Waals surface area contributed by atoms with E-state index in [0.29, 0.717) is 23.5 Å². The van der Waals surface area contributed by atoms with Crippen LogP contribution in [-0.4, -0.2) is 33.2 Å². The van der Waals surface area contributed by atoms with E-state index in [9.17, 15) is 13.2 Å². The molecule has 0 heterocycles. The summed E-state index contributed by atoms with van der Waals surface area (Å²) in [5.74, 6) is 0.176. The fourth-order valence-electron chi connectivity index (χ4n) is 2.59. The van der Waals surface area contributed by atoms with Crippen LogP contribution in [0.15, 0.2) is 18.2 Å². The normalized spacial score (nSPS) is 20.1. The molecule has 1 fully saturated rings. The smallest absolute Gasteiger partial charge is 0.232 e. The van der Waals surface area contributed by atoms with Crippen molar-refractivity contribution in [2.45, 2.75) is 32.2 Å². The number of hydrogen-bond acceptors (Lipinski definition) is 5. The van der Waals surface area contributed by atoms with Gasteiger partial charge in [0, 0.05) is 23.7 Å². The highest BCUT2D eigenvalue weighted by Gasteiger charge is 2.27. The molecule has 1 aromatic carbocycles. The van der Waals surface area contributed by atoms with Gasteiger partial charge in [0.15, 0.2) is 0 Å². The van der Waals surface area contributed by atoms with Crippen LogP contribution >= 0.6 is 12.4 Å². The number of rotatable bonds is 6. The summed E-state index contributed by atoms with van der Waals surface area (Å²) in [5.41, 5.74) is 6.73. The molecule has 0 saturated heterocycles. The lowest BCUT2D eigenvalue weighted by atomic mass is 10.1. The van der Waals surface area contributed by atoms with Gasteiger partial charge in [-0.2, -0.15) is 0 Å². The number of amides is 1. The molecular formula is C15H24ClN3O4S. The van der Waals surface area contributed by atoms with Crippen LogP contribution in [0.1, 0.15) is 26.2 Å². The van der Waals surface area contributed by atoms with Crippen LogP contribution in [0.4, 0.5) is 11.4 Å². The fourth-order valence-corrected chi connectivity index (χ4v) is 3.24. The molecule has 0 aromatic heterocycles. The van der Waals surface area contributed by atoms with E-state index in [1.54, 1.807) is 25.1 Å². The molecular weight excluding hydrogens is 354 g/mol. The van der Waals surface area contributed by atoms with Crippen LogP contribution in [0.5, 0.6) is 5.75 Å². The predicted molar refractivity (Wildman–Crippen MR) is 97.3 cm³/mol. The lowest BCUT2D eigenvalue weighted by Gasteiger charge is -2.14. The number of nitrogens with two attached hydrogens (primary N) is 1. The van der Waals surface area contributed by atoms with Crippen molar-refractivity contribution >= 4 is 39.7 Å². The molecule has 0 aliphatic heterocycles. The maximum Gasteiger partial charge on any atom is 0.232 e. The number of carbonyl (C=O) groups is 1. The number of hydrogen-bond donors (Lipinski definition) is 3. The maximum atomic E-state index is 12.2. The highest BCUT2D eigenvalue weighted by molar-refractivity contribution is 7.92.